The molecule has 0 radical (unpaired) electrons. The normalized spacial score (nSPS) is 11.4. The highest BCUT2D eigenvalue weighted by Gasteiger charge is 2.16. The van der Waals surface area contributed by atoms with Crippen molar-refractivity contribution in [2.24, 2.45) is 7.05 Å². The number of halogens is 2. The number of alkyl halides is 2. The van der Waals surface area contributed by atoms with Crippen LogP contribution in [0.2, 0.25) is 0 Å². The summed E-state index contributed by atoms with van der Waals surface area (Å²) in [7, 11) is 1.55. The molecule has 0 spiro atoms. The van der Waals surface area contributed by atoms with Crippen LogP contribution in [0.15, 0.2) is 18.3 Å². The summed E-state index contributed by atoms with van der Waals surface area (Å²) in [6.07, 6.45) is -1.02. The van der Waals surface area contributed by atoms with Crippen molar-refractivity contribution in [3.63, 3.8) is 0 Å². The first-order valence-electron chi connectivity index (χ1n) is 3.75. The van der Waals surface area contributed by atoms with E-state index in [1.807, 2.05) is 0 Å². The number of aryl methyl sites for hydroxylation is 1. The van der Waals surface area contributed by atoms with Crippen molar-refractivity contribution < 1.29 is 8.78 Å². The standard InChI is InChI=1S/C8H7F2N3/c1-13-5-3-2-4-11-7(5)12-8(13)6(9)10/h2-4,6H,1H3. The zero-order chi connectivity index (χ0) is 9.42. The van der Waals surface area contributed by atoms with Gasteiger partial charge in [-0.1, -0.05) is 0 Å². The van der Waals surface area contributed by atoms with Gasteiger partial charge >= 0.3 is 0 Å². The Bertz CT molecular complexity index is 436. The van der Waals surface area contributed by atoms with Crippen molar-refractivity contribution in [1.29, 1.82) is 0 Å². The summed E-state index contributed by atoms with van der Waals surface area (Å²) in [5, 5.41) is 0. The quantitative estimate of drug-likeness (QED) is 0.676. The van der Waals surface area contributed by atoms with E-state index in [2.05, 4.69) is 9.97 Å². The van der Waals surface area contributed by atoms with Crippen LogP contribution in [0.4, 0.5) is 8.78 Å². The molecule has 2 aromatic heterocycles. The lowest BCUT2D eigenvalue weighted by Gasteiger charge is -1.98. The second-order valence-corrected chi connectivity index (χ2v) is 2.68. The molecule has 0 fully saturated rings. The smallest absolute Gasteiger partial charge is 0.295 e. The van der Waals surface area contributed by atoms with Gasteiger partial charge in [-0.3, -0.25) is 0 Å². The predicted octanol–water partition coefficient (Wildman–Crippen LogP) is 1.91. The van der Waals surface area contributed by atoms with Gasteiger partial charge in [-0.25, -0.2) is 18.7 Å². The average Bonchev–Trinajstić information content (AvgIpc) is 2.45. The van der Waals surface area contributed by atoms with Crippen molar-refractivity contribution in [1.82, 2.24) is 14.5 Å². The third-order valence-corrected chi connectivity index (χ3v) is 1.89. The summed E-state index contributed by atoms with van der Waals surface area (Å²) in [6, 6.07) is 3.40. The Labute approximate surface area is 73.0 Å². The Hall–Kier alpha value is -1.52. The van der Waals surface area contributed by atoms with Gasteiger partial charge in [0.2, 0.25) is 0 Å². The van der Waals surface area contributed by atoms with Crippen molar-refractivity contribution in [3.8, 4) is 0 Å². The van der Waals surface area contributed by atoms with Crippen LogP contribution in [-0.2, 0) is 7.05 Å². The van der Waals surface area contributed by atoms with Crippen molar-refractivity contribution in [2.75, 3.05) is 0 Å². The van der Waals surface area contributed by atoms with E-state index < -0.39 is 6.43 Å². The highest BCUT2D eigenvalue weighted by molar-refractivity contribution is 5.71. The molecule has 0 aliphatic carbocycles. The van der Waals surface area contributed by atoms with Gasteiger partial charge in [0.1, 0.15) is 0 Å². The van der Waals surface area contributed by atoms with E-state index in [9.17, 15) is 8.78 Å². The highest BCUT2D eigenvalue weighted by atomic mass is 19.3. The number of aromatic nitrogens is 3. The third-order valence-electron chi connectivity index (χ3n) is 1.89. The van der Waals surface area contributed by atoms with Crippen LogP contribution in [0, 0.1) is 0 Å². The zero-order valence-electron chi connectivity index (χ0n) is 6.91. The summed E-state index contributed by atoms with van der Waals surface area (Å²) in [6.45, 7) is 0. The minimum absolute atomic E-state index is 0.242. The fourth-order valence-corrected chi connectivity index (χ4v) is 1.24. The number of imidazole rings is 1. The lowest BCUT2D eigenvalue weighted by molar-refractivity contribution is 0.137. The largest absolute Gasteiger partial charge is 0.325 e. The zero-order valence-corrected chi connectivity index (χ0v) is 6.91. The van der Waals surface area contributed by atoms with Gasteiger partial charge in [0.15, 0.2) is 11.5 Å². The molecule has 0 N–H and O–H groups in total. The monoisotopic (exact) mass is 183 g/mol. The number of fused-ring (bicyclic) bond motifs is 1. The molecule has 2 rings (SSSR count). The van der Waals surface area contributed by atoms with Crippen LogP contribution in [-0.4, -0.2) is 14.5 Å². The Balaban J connectivity index is 2.74. The molecule has 5 heteroatoms. The molecule has 68 valence electrons. The summed E-state index contributed by atoms with van der Waals surface area (Å²) in [5.74, 6) is -0.242. The Morgan fingerprint density at radius 3 is 2.85 bits per heavy atom. The number of hydrogen-bond donors (Lipinski definition) is 0. The molecule has 0 bridgehead atoms. The number of pyridine rings is 1. The van der Waals surface area contributed by atoms with E-state index in [1.54, 1.807) is 19.2 Å². The SMILES string of the molecule is Cn1c(C(F)F)nc2ncccc21. The first-order chi connectivity index (χ1) is 6.20. The van der Waals surface area contributed by atoms with Gasteiger partial charge < -0.3 is 4.57 Å². The predicted molar refractivity (Wildman–Crippen MR) is 43.5 cm³/mol. The topological polar surface area (TPSA) is 30.7 Å². The molecule has 0 saturated heterocycles. The maximum atomic E-state index is 12.4. The third kappa shape index (κ3) is 1.16. The van der Waals surface area contributed by atoms with Crippen LogP contribution in [0.1, 0.15) is 12.2 Å². The minimum atomic E-state index is -2.56. The summed E-state index contributed by atoms with van der Waals surface area (Å²) in [5.41, 5.74) is 0.984. The van der Waals surface area contributed by atoms with Crippen LogP contribution in [0.25, 0.3) is 11.2 Å². The van der Waals surface area contributed by atoms with E-state index in [4.69, 9.17) is 0 Å². The Morgan fingerprint density at radius 2 is 2.23 bits per heavy atom. The lowest BCUT2D eigenvalue weighted by atomic mass is 10.4. The molecule has 13 heavy (non-hydrogen) atoms. The minimum Gasteiger partial charge on any atom is -0.325 e. The summed E-state index contributed by atoms with van der Waals surface area (Å²) >= 11 is 0. The highest BCUT2D eigenvalue weighted by Crippen LogP contribution is 2.20. The molecule has 3 nitrogen and oxygen atoms in total. The van der Waals surface area contributed by atoms with Gasteiger partial charge in [0, 0.05) is 13.2 Å². The van der Waals surface area contributed by atoms with Gasteiger partial charge in [0.25, 0.3) is 6.43 Å². The molecule has 2 aromatic rings. The fourth-order valence-electron chi connectivity index (χ4n) is 1.24. The van der Waals surface area contributed by atoms with Crippen LogP contribution < -0.4 is 0 Å². The maximum Gasteiger partial charge on any atom is 0.295 e. The molecule has 0 aromatic carbocycles. The van der Waals surface area contributed by atoms with Gasteiger partial charge in [-0.05, 0) is 12.1 Å². The van der Waals surface area contributed by atoms with Crippen molar-refractivity contribution >= 4 is 11.2 Å². The van der Waals surface area contributed by atoms with Crippen LogP contribution in [0.5, 0.6) is 0 Å². The second kappa shape index (κ2) is 2.76. The first kappa shape index (κ1) is 8.10. The lowest BCUT2D eigenvalue weighted by Crippen LogP contribution is -1.97. The molecular formula is C8H7F2N3. The molecule has 0 saturated carbocycles. The summed E-state index contributed by atoms with van der Waals surface area (Å²) < 4.78 is 26.1. The molecule has 0 aliphatic heterocycles. The van der Waals surface area contributed by atoms with Gasteiger partial charge in [-0.2, -0.15) is 0 Å². The van der Waals surface area contributed by atoms with Gasteiger partial charge in [-0.15, -0.1) is 0 Å². The van der Waals surface area contributed by atoms with E-state index in [-0.39, 0.29) is 5.82 Å². The van der Waals surface area contributed by atoms with Gasteiger partial charge in [0.05, 0.1) is 5.52 Å². The van der Waals surface area contributed by atoms with Crippen molar-refractivity contribution in [2.45, 2.75) is 6.43 Å². The van der Waals surface area contributed by atoms with Crippen LogP contribution in [0.3, 0.4) is 0 Å². The van der Waals surface area contributed by atoms with E-state index in [0.29, 0.717) is 11.2 Å². The molecule has 2 heterocycles. The molecular weight excluding hydrogens is 176 g/mol. The second-order valence-electron chi connectivity index (χ2n) is 2.68. The molecule has 0 unspecified atom stereocenters. The van der Waals surface area contributed by atoms with E-state index in [1.165, 1.54) is 10.8 Å². The Kier molecular flexibility index (Phi) is 1.72. The first-order valence-corrected chi connectivity index (χ1v) is 3.75. The fraction of sp³-hybridized carbons (Fsp3) is 0.250. The van der Waals surface area contributed by atoms with E-state index >= 15 is 0 Å². The maximum absolute atomic E-state index is 12.4. The van der Waals surface area contributed by atoms with Crippen LogP contribution >= 0.6 is 0 Å². The average molecular weight is 183 g/mol. The Morgan fingerprint density at radius 1 is 1.46 bits per heavy atom. The van der Waals surface area contributed by atoms with Crippen molar-refractivity contribution in [3.05, 3.63) is 24.2 Å². The summed E-state index contributed by atoms with van der Waals surface area (Å²) in [4.78, 5) is 7.59. The number of rotatable bonds is 1. The molecule has 0 aliphatic rings. The molecule has 0 atom stereocenters. The number of nitrogens with zero attached hydrogens (tertiary/aromatic N) is 3. The molecule has 0 amide bonds. The number of hydrogen-bond acceptors (Lipinski definition) is 2. The van der Waals surface area contributed by atoms with E-state index in [0.717, 1.165) is 0 Å².